The summed E-state index contributed by atoms with van der Waals surface area (Å²) >= 11 is 2.23. The Balaban J connectivity index is 2.39. The number of fused-ring (bicyclic) bond motifs is 1. The zero-order valence-corrected chi connectivity index (χ0v) is 15.1. The molecular weight excluding hydrogens is 414 g/mol. The summed E-state index contributed by atoms with van der Waals surface area (Å²) in [6.07, 6.45) is 0. The van der Waals surface area contributed by atoms with Gasteiger partial charge in [0.15, 0.2) is 5.76 Å². The van der Waals surface area contributed by atoms with Crippen LogP contribution >= 0.6 is 22.6 Å². The van der Waals surface area contributed by atoms with Gasteiger partial charge in [-0.2, -0.15) is 0 Å². The van der Waals surface area contributed by atoms with Gasteiger partial charge in [-0.25, -0.2) is 4.39 Å². The van der Waals surface area contributed by atoms with Crippen molar-refractivity contribution < 1.29 is 13.0 Å². The number of halogens is 2. The average molecular weight is 428 g/mol. The van der Waals surface area contributed by atoms with Crippen molar-refractivity contribution in [3.63, 3.8) is 0 Å². The van der Waals surface area contributed by atoms with Crippen molar-refractivity contribution >= 4 is 44.4 Å². The van der Waals surface area contributed by atoms with E-state index in [9.17, 15) is 8.60 Å². The highest BCUT2D eigenvalue weighted by Crippen LogP contribution is 2.38. The molecule has 1 aromatic heterocycles. The molecule has 2 nitrogen and oxygen atoms in total. The highest BCUT2D eigenvalue weighted by molar-refractivity contribution is 14.1. The maximum Gasteiger partial charge on any atom is 0.151 e. The first kappa shape index (κ1) is 15.7. The summed E-state index contributed by atoms with van der Waals surface area (Å²) in [6.45, 7) is 3.83. The summed E-state index contributed by atoms with van der Waals surface area (Å²) in [7, 11) is -1.19. The summed E-state index contributed by atoms with van der Waals surface area (Å²) in [5.41, 5.74) is 2.32. The monoisotopic (exact) mass is 428 g/mol. The maximum absolute atomic E-state index is 13.5. The highest BCUT2D eigenvalue weighted by atomic mass is 127. The molecule has 0 aliphatic carbocycles. The summed E-state index contributed by atoms with van der Waals surface area (Å²) < 4.78 is 33.1. The Kier molecular flexibility index (Phi) is 4.36. The van der Waals surface area contributed by atoms with Crippen molar-refractivity contribution in [1.29, 1.82) is 0 Å². The van der Waals surface area contributed by atoms with Gasteiger partial charge in [0, 0.05) is 20.3 Å². The lowest BCUT2D eigenvalue weighted by Gasteiger charge is -2.02. The Labute approximate surface area is 144 Å². The molecule has 0 aliphatic heterocycles. The molecule has 0 unspecified atom stereocenters. The molecule has 114 valence electrons. The van der Waals surface area contributed by atoms with E-state index < -0.39 is 10.8 Å². The van der Waals surface area contributed by atoms with Gasteiger partial charge in [0.1, 0.15) is 11.4 Å². The first-order valence-corrected chi connectivity index (χ1v) is 9.28. The molecule has 3 aromatic rings. The molecule has 0 amide bonds. The number of benzene rings is 2. The van der Waals surface area contributed by atoms with Crippen LogP contribution in [-0.4, -0.2) is 9.96 Å². The summed E-state index contributed by atoms with van der Waals surface area (Å²) in [5, 5.41) is 0.851. The molecular formula is C17H14FIO2S. The predicted molar refractivity (Wildman–Crippen MR) is 96.0 cm³/mol. The quantitative estimate of drug-likeness (QED) is 0.532. The van der Waals surface area contributed by atoms with Crippen LogP contribution in [0.3, 0.4) is 0 Å². The first-order chi connectivity index (χ1) is 10.5. The Morgan fingerprint density at radius 2 is 2.05 bits per heavy atom. The normalized spacial score (nSPS) is 12.7. The third kappa shape index (κ3) is 2.72. The number of furan rings is 1. The van der Waals surface area contributed by atoms with Crippen LogP contribution in [0.1, 0.15) is 12.5 Å². The smallest absolute Gasteiger partial charge is 0.151 e. The summed E-state index contributed by atoms with van der Waals surface area (Å²) in [6, 6.07) is 10.2. The molecule has 1 heterocycles. The fourth-order valence-electron chi connectivity index (χ4n) is 2.49. The molecule has 0 fully saturated rings. The third-order valence-corrected chi connectivity index (χ3v) is 5.48. The third-order valence-electron chi connectivity index (χ3n) is 3.47. The Morgan fingerprint density at radius 3 is 2.73 bits per heavy atom. The van der Waals surface area contributed by atoms with Gasteiger partial charge in [0.25, 0.3) is 0 Å². The molecule has 1 atom stereocenters. The van der Waals surface area contributed by atoms with Gasteiger partial charge >= 0.3 is 0 Å². The van der Waals surface area contributed by atoms with E-state index in [4.69, 9.17) is 4.42 Å². The topological polar surface area (TPSA) is 30.2 Å². The van der Waals surface area contributed by atoms with Crippen molar-refractivity contribution in [2.24, 2.45) is 0 Å². The summed E-state index contributed by atoms with van der Waals surface area (Å²) in [4.78, 5) is 0.657. The number of hydrogen-bond acceptors (Lipinski definition) is 2. The van der Waals surface area contributed by atoms with E-state index in [1.807, 2.05) is 26.0 Å². The average Bonchev–Trinajstić information content (AvgIpc) is 2.86. The van der Waals surface area contributed by atoms with Crippen LogP contribution in [0.25, 0.3) is 22.3 Å². The minimum absolute atomic E-state index is 0.336. The van der Waals surface area contributed by atoms with Crippen LogP contribution in [0.2, 0.25) is 0 Å². The molecule has 0 bridgehead atoms. The zero-order chi connectivity index (χ0) is 15.9. The van der Waals surface area contributed by atoms with Gasteiger partial charge in [-0.05, 0) is 59.3 Å². The molecule has 0 saturated heterocycles. The lowest BCUT2D eigenvalue weighted by atomic mass is 10.1. The second-order valence-corrected chi connectivity index (χ2v) is 7.93. The molecule has 0 saturated carbocycles. The molecule has 0 spiro atoms. The lowest BCUT2D eigenvalue weighted by molar-refractivity contribution is 0.611. The molecule has 0 N–H and O–H groups in total. The summed E-state index contributed by atoms with van der Waals surface area (Å²) in [5.74, 6) is 0.652. The van der Waals surface area contributed by atoms with Gasteiger partial charge < -0.3 is 4.42 Å². The van der Waals surface area contributed by atoms with Gasteiger partial charge in [-0.3, -0.25) is 4.21 Å². The van der Waals surface area contributed by atoms with Crippen molar-refractivity contribution in [2.45, 2.75) is 18.7 Å². The van der Waals surface area contributed by atoms with Crippen molar-refractivity contribution in [3.05, 3.63) is 51.3 Å². The Morgan fingerprint density at radius 1 is 1.27 bits per heavy atom. The largest absolute Gasteiger partial charge is 0.454 e. The van der Waals surface area contributed by atoms with Crippen LogP contribution in [0.15, 0.2) is 45.7 Å². The molecule has 22 heavy (non-hydrogen) atoms. The highest BCUT2D eigenvalue weighted by Gasteiger charge is 2.22. The van der Waals surface area contributed by atoms with E-state index in [-0.39, 0.29) is 5.82 Å². The van der Waals surface area contributed by atoms with Crippen LogP contribution in [0, 0.1) is 16.3 Å². The van der Waals surface area contributed by atoms with E-state index in [1.54, 1.807) is 12.1 Å². The minimum atomic E-state index is -1.19. The van der Waals surface area contributed by atoms with Gasteiger partial charge in [0.2, 0.25) is 0 Å². The molecule has 0 aliphatic rings. The van der Waals surface area contributed by atoms with E-state index in [0.29, 0.717) is 22.0 Å². The molecule has 3 rings (SSSR count). The van der Waals surface area contributed by atoms with E-state index in [2.05, 4.69) is 22.6 Å². The van der Waals surface area contributed by atoms with Crippen LogP contribution in [0.5, 0.6) is 0 Å². The van der Waals surface area contributed by atoms with Crippen LogP contribution < -0.4 is 0 Å². The number of rotatable bonds is 3. The van der Waals surface area contributed by atoms with Crippen molar-refractivity contribution in [3.8, 4) is 11.3 Å². The van der Waals surface area contributed by atoms with Crippen molar-refractivity contribution in [2.75, 3.05) is 5.75 Å². The van der Waals surface area contributed by atoms with Gasteiger partial charge in [-0.1, -0.05) is 19.1 Å². The Hall–Kier alpha value is -1.21. The molecule has 0 radical (unpaired) electrons. The predicted octanol–water partition coefficient (Wildman–Crippen LogP) is 5.28. The second-order valence-electron chi connectivity index (χ2n) is 5.00. The standard InChI is InChI=1S/C17H14FIO2S/c1-3-22(20)17-14-9-13(19)7-10(2)15(14)21-16(17)11-5-4-6-12(18)8-11/h4-9H,3H2,1-2H3/t22-/m1/s1. The van der Waals surface area contributed by atoms with Crippen molar-refractivity contribution in [1.82, 2.24) is 0 Å². The fraction of sp³-hybridized carbons (Fsp3) is 0.176. The van der Waals surface area contributed by atoms with Gasteiger partial charge in [0.05, 0.1) is 15.7 Å². The van der Waals surface area contributed by atoms with Crippen LogP contribution in [0.4, 0.5) is 4.39 Å². The SMILES string of the molecule is CC[S@@](=O)c1c(-c2cccc(F)c2)oc2c(C)cc(I)cc12. The van der Waals surface area contributed by atoms with E-state index in [0.717, 1.165) is 20.1 Å². The van der Waals surface area contributed by atoms with Crippen LogP contribution in [-0.2, 0) is 10.8 Å². The number of aryl methyl sites for hydroxylation is 1. The second kappa shape index (κ2) is 6.12. The first-order valence-electron chi connectivity index (χ1n) is 6.88. The van der Waals surface area contributed by atoms with E-state index >= 15 is 0 Å². The molecule has 5 heteroatoms. The minimum Gasteiger partial charge on any atom is -0.454 e. The fourth-order valence-corrected chi connectivity index (χ4v) is 4.33. The maximum atomic E-state index is 13.5. The van der Waals surface area contributed by atoms with Gasteiger partial charge in [-0.15, -0.1) is 0 Å². The molecule has 2 aromatic carbocycles. The number of hydrogen-bond donors (Lipinski definition) is 0. The lowest BCUT2D eigenvalue weighted by Crippen LogP contribution is -1.95. The zero-order valence-electron chi connectivity index (χ0n) is 12.2. The Bertz CT molecular complexity index is 886. The van der Waals surface area contributed by atoms with E-state index in [1.165, 1.54) is 12.1 Å².